The Balaban J connectivity index is 2.01. The molecule has 9 nitrogen and oxygen atoms in total. The van der Waals surface area contributed by atoms with Crippen molar-refractivity contribution in [2.24, 2.45) is 17.6 Å². The maximum Gasteiger partial charge on any atom is 0.255 e. The van der Waals surface area contributed by atoms with Gasteiger partial charge < -0.3 is 26.2 Å². The Morgan fingerprint density at radius 1 is 1.19 bits per heavy atom. The minimum atomic E-state index is -2.62. The highest BCUT2D eigenvalue weighted by Gasteiger charge is 2.64. The minimum absolute atomic E-state index is 0.0720. The van der Waals surface area contributed by atoms with Gasteiger partial charge in [0.15, 0.2) is 11.4 Å². The lowest BCUT2D eigenvalue weighted by atomic mass is 9.55. The molecule has 1 amide bonds. The molecule has 1 aromatic carbocycles. The van der Waals surface area contributed by atoms with Crippen molar-refractivity contribution in [1.29, 1.82) is 0 Å². The molecular formula is C22H24N2O7. The summed E-state index contributed by atoms with van der Waals surface area (Å²) in [6.07, 6.45) is 0.0720. The molecule has 3 aliphatic carbocycles. The van der Waals surface area contributed by atoms with Gasteiger partial charge in [-0.25, -0.2) is 0 Å². The van der Waals surface area contributed by atoms with Gasteiger partial charge in [-0.1, -0.05) is 19.1 Å². The monoisotopic (exact) mass is 428 g/mol. The number of ketones is 2. The van der Waals surface area contributed by atoms with Gasteiger partial charge in [-0.05, 0) is 44.0 Å². The molecule has 164 valence electrons. The number of fused-ring (bicyclic) bond motifs is 3. The van der Waals surface area contributed by atoms with Crippen LogP contribution in [0.4, 0.5) is 0 Å². The highest BCUT2D eigenvalue weighted by atomic mass is 16.3. The molecule has 0 heterocycles. The highest BCUT2D eigenvalue weighted by molar-refractivity contribution is 6.24. The summed E-state index contributed by atoms with van der Waals surface area (Å²) in [5.41, 5.74) is 2.42. The molecule has 1 fully saturated rings. The Morgan fingerprint density at radius 3 is 2.42 bits per heavy atom. The van der Waals surface area contributed by atoms with E-state index in [9.17, 15) is 34.8 Å². The van der Waals surface area contributed by atoms with E-state index in [0.29, 0.717) is 5.56 Å². The number of hydrogen-bond acceptors (Lipinski definition) is 8. The Morgan fingerprint density at radius 2 is 1.84 bits per heavy atom. The van der Waals surface area contributed by atoms with Crippen molar-refractivity contribution in [2.75, 3.05) is 14.1 Å². The number of rotatable bonds is 2. The lowest BCUT2D eigenvalue weighted by molar-refractivity contribution is -0.154. The molecule has 4 rings (SSSR count). The fraction of sp³-hybridized carbons (Fsp3) is 0.409. The normalized spacial score (nSPS) is 32.7. The van der Waals surface area contributed by atoms with Crippen molar-refractivity contribution in [3.8, 4) is 5.75 Å². The van der Waals surface area contributed by atoms with E-state index in [1.165, 1.54) is 11.0 Å². The van der Waals surface area contributed by atoms with E-state index in [-0.39, 0.29) is 29.2 Å². The molecule has 0 radical (unpaired) electrons. The number of hydrogen-bond donors (Lipinski definition) is 5. The molecule has 3 aliphatic rings. The molecule has 9 heteroatoms. The number of Topliss-reactive ketones (excluding diaryl/α,β-unsaturated/α-hetero) is 2. The summed E-state index contributed by atoms with van der Waals surface area (Å²) in [5.74, 6) is -6.82. The van der Waals surface area contributed by atoms with Gasteiger partial charge in [0.05, 0.1) is 11.6 Å². The molecule has 0 aromatic heterocycles. The number of carbonyl (C=O) groups excluding carboxylic acids is 3. The third kappa shape index (κ3) is 2.53. The SMILES string of the molecule is C[C@H]1c2cccc(O)c2C(O)=C2C(=O)[C@]3(O)C(O)=C(C(N)=O)C(=O)[C@@H](N(C)C)C3CC21. The van der Waals surface area contributed by atoms with E-state index in [0.717, 1.165) is 0 Å². The van der Waals surface area contributed by atoms with E-state index < -0.39 is 58.0 Å². The Bertz CT molecular complexity index is 1100. The maximum absolute atomic E-state index is 13.6. The van der Waals surface area contributed by atoms with Crippen LogP contribution in [-0.4, -0.2) is 68.5 Å². The maximum atomic E-state index is 13.6. The van der Waals surface area contributed by atoms with E-state index in [1.54, 1.807) is 26.2 Å². The summed E-state index contributed by atoms with van der Waals surface area (Å²) < 4.78 is 0. The number of likely N-dealkylation sites (N-methyl/N-ethyl adjacent to an activating group) is 1. The first-order valence-electron chi connectivity index (χ1n) is 9.91. The fourth-order valence-electron chi connectivity index (χ4n) is 5.50. The van der Waals surface area contributed by atoms with Crippen LogP contribution >= 0.6 is 0 Å². The van der Waals surface area contributed by atoms with Gasteiger partial charge >= 0.3 is 0 Å². The summed E-state index contributed by atoms with van der Waals surface area (Å²) >= 11 is 0. The zero-order valence-corrected chi connectivity index (χ0v) is 17.3. The largest absolute Gasteiger partial charge is 0.508 e. The zero-order chi connectivity index (χ0) is 23.0. The minimum Gasteiger partial charge on any atom is -0.508 e. The molecule has 0 aliphatic heterocycles. The smallest absolute Gasteiger partial charge is 0.255 e. The molecule has 0 bridgehead atoms. The number of nitrogens with zero attached hydrogens (tertiary/aromatic N) is 1. The first kappa shape index (κ1) is 21.1. The molecule has 0 spiro atoms. The number of amides is 1. The number of benzene rings is 1. The second-order valence-corrected chi connectivity index (χ2v) is 8.70. The third-order valence-electron chi connectivity index (χ3n) is 6.96. The number of aliphatic hydroxyl groups excluding tert-OH is 2. The predicted octanol–water partition coefficient (Wildman–Crippen LogP) is 0.525. The van der Waals surface area contributed by atoms with Crippen molar-refractivity contribution in [2.45, 2.75) is 30.9 Å². The van der Waals surface area contributed by atoms with Crippen LogP contribution in [0.25, 0.3) is 5.76 Å². The van der Waals surface area contributed by atoms with Crippen molar-refractivity contribution in [3.05, 3.63) is 46.2 Å². The zero-order valence-electron chi connectivity index (χ0n) is 17.3. The lowest BCUT2D eigenvalue weighted by Crippen LogP contribution is -2.65. The fourth-order valence-corrected chi connectivity index (χ4v) is 5.50. The third-order valence-corrected chi connectivity index (χ3v) is 6.96. The van der Waals surface area contributed by atoms with Crippen molar-refractivity contribution in [3.63, 3.8) is 0 Å². The molecule has 31 heavy (non-hydrogen) atoms. The Labute approximate surface area is 178 Å². The number of phenolic OH excluding ortho intramolecular Hbond substituents is 1. The van der Waals surface area contributed by atoms with Crippen molar-refractivity contribution < 1.29 is 34.8 Å². The summed E-state index contributed by atoms with van der Waals surface area (Å²) in [5, 5.41) is 43.5. The average molecular weight is 428 g/mol. The quantitative estimate of drug-likeness (QED) is 0.426. The number of phenols is 1. The molecule has 5 atom stereocenters. The van der Waals surface area contributed by atoms with Gasteiger partial charge in [0.25, 0.3) is 5.91 Å². The molecule has 6 N–H and O–H groups in total. The standard InChI is InChI=1S/C22H24N2O7/c1-8-9-5-4-6-12(25)13(9)17(26)14-10(8)7-11-16(24(2)3)18(27)15(21(23)30)20(29)22(11,31)19(14)28/h4-6,8,10-11,16,25-26,29,31H,7H2,1-3H3,(H2,23,30)/t8-,10?,11?,16-,22-/m0/s1. The molecule has 0 saturated heterocycles. The topological polar surface area (TPSA) is 161 Å². The summed E-state index contributed by atoms with van der Waals surface area (Å²) in [7, 11) is 3.13. The molecule has 1 saturated carbocycles. The van der Waals surface area contributed by atoms with Crippen LogP contribution in [0, 0.1) is 11.8 Å². The van der Waals surface area contributed by atoms with Crippen LogP contribution in [0.2, 0.25) is 0 Å². The molecule has 1 aromatic rings. The van der Waals surface area contributed by atoms with E-state index in [2.05, 4.69) is 0 Å². The van der Waals surface area contributed by atoms with Gasteiger partial charge in [-0.2, -0.15) is 0 Å². The van der Waals surface area contributed by atoms with Gasteiger partial charge in [-0.3, -0.25) is 19.3 Å². The number of aromatic hydroxyl groups is 1. The Kier molecular flexibility index (Phi) is 4.53. The second kappa shape index (κ2) is 6.66. The number of carbonyl (C=O) groups is 3. The van der Waals surface area contributed by atoms with Crippen LogP contribution in [-0.2, 0) is 14.4 Å². The lowest BCUT2D eigenvalue weighted by Gasteiger charge is -2.51. The van der Waals surface area contributed by atoms with Crippen LogP contribution in [0.5, 0.6) is 5.75 Å². The first-order valence-corrected chi connectivity index (χ1v) is 9.91. The van der Waals surface area contributed by atoms with Gasteiger partial charge in [0, 0.05) is 11.5 Å². The highest BCUT2D eigenvalue weighted by Crippen LogP contribution is 2.55. The van der Waals surface area contributed by atoms with Crippen molar-refractivity contribution in [1.82, 2.24) is 4.90 Å². The predicted molar refractivity (Wildman–Crippen MR) is 109 cm³/mol. The van der Waals surface area contributed by atoms with Crippen LogP contribution in [0.1, 0.15) is 30.4 Å². The second-order valence-electron chi connectivity index (χ2n) is 8.70. The van der Waals surface area contributed by atoms with Crippen LogP contribution in [0.15, 0.2) is 35.1 Å². The van der Waals surface area contributed by atoms with E-state index in [1.807, 2.05) is 6.92 Å². The van der Waals surface area contributed by atoms with Crippen molar-refractivity contribution >= 4 is 23.2 Å². The number of aliphatic hydroxyl groups is 3. The number of primary amides is 1. The summed E-state index contributed by atoms with van der Waals surface area (Å²) in [6.45, 7) is 1.83. The van der Waals surface area contributed by atoms with Crippen LogP contribution in [0.3, 0.4) is 0 Å². The number of nitrogens with two attached hydrogens (primary N) is 1. The van der Waals surface area contributed by atoms with Crippen LogP contribution < -0.4 is 5.73 Å². The first-order chi connectivity index (χ1) is 14.4. The summed E-state index contributed by atoms with van der Waals surface area (Å²) in [6, 6.07) is 3.64. The molecular weight excluding hydrogens is 404 g/mol. The molecule has 2 unspecified atom stereocenters. The van der Waals surface area contributed by atoms with Gasteiger partial charge in [0.1, 0.15) is 22.8 Å². The Hall–Kier alpha value is -3.17. The van der Waals surface area contributed by atoms with Gasteiger partial charge in [-0.15, -0.1) is 0 Å². The summed E-state index contributed by atoms with van der Waals surface area (Å²) in [4.78, 5) is 40.0. The van der Waals surface area contributed by atoms with E-state index >= 15 is 0 Å². The van der Waals surface area contributed by atoms with Gasteiger partial charge in [0.2, 0.25) is 5.78 Å². The van der Waals surface area contributed by atoms with E-state index in [4.69, 9.17) is 5.73 Å². The average Bonchev–Trinajstić information content (AvgIpc) is 2.68.